The Morgan fingerprint density at radius 3 is 2.25 bits per heavy atom. The van der Waals surface area contributed by atoms with Crippen molar-refractivity contribution in [2.45, 2.75) is 56.7 Å². The first-order chi connectivity index (χ1) is 11.1. The molecule has 2 atom stereocenters. The predicted molar refractivity (Wildman–Crippen MR) is 87.8 cm³/mol. The lowest BCUT2D eigenvalue weighted by atomic mass is 9.52. The summed E-state index contributed by atoms with van der Waals surface area (Å²) in [5.74, 6) is 0.674. The smallest absolute Gasteiger partial charge is 0.333 e. The summed E-state index contributed by atoms with van der Waals surface area (Å²) in [4.78, 5) is 12.1. The van der Waals surface area contributed by atoms with Crippen LogP contribution < -0.4 is 0 Å². The summed E-state index contributed by atoms with van der Waals surface area (Å²) in [7, 11) is -3.45. The van der Waals surface area contributed by atoms with Gasteiger partial charge in [0.05, 0.1) is 25.1 Å². The molecule has 0 heterocycles. The van der Waals surface area contributed by atoms with Gasteiger partial charge in [-0.1, -0.05) is 6.58 Å². The van der Waals surface area contributed by atoms with Crippen LogP contribution in [-0.4, -0.2) is 45.1 Å². The van der Waals surface area contributed by atoms with Crippen LogP contribution in [-0.2, 0) is 28.6 Å². The van der Waals surface area contributed by atoms with Gasteiger partial charge < -0.3 is 9.47 Å². The Bertz CT molecular complexity index is 623. The Kier molecular flexibility index (Phi) is 4.55. The molecule has 4 bridgehead atoms. The molecular formula is C17H26O6S. The summed E-state index contributed by atoms with van der Waals surface area (Å²) in [5.41, 5.74) is -0.347. The number of hydrogen-bond acceptors (Lipinski definition) is 6. The second kappa shape index (κ2) is 6.11. The van der Waals surface area contributed by atoms with Crippen LogP contribution in [0.2, 0.25) is 0 Å². The van der Waals surface area contributed by atoms with Gasteiger partial charge >= 0.3 is 5.97 Å². The lowest BCUT2D eigenvalue weighted by Crippen LogP contribution is -2.61. The molecule has 0 aromatic carbocycles. The molecule has 7 heteroatoms. The van der Waals surface area contributed by atoms with Gasteiger partial charge in [0, 0.05) is 12.0 Å². The van der Waals surface area contributed by atoms with Crippen molar-refractivity contribution in [2.24, 2.45) is 11.8 Å². The van der Waals surface area contributed by atoms with Crippen LogP contribution in [0.3, 0.4) is 0 Å². The van der Waals surface area contributed by atoms with E-state index in [1.54, 1.807) is 6.92 Å². The van der Waals surface area contributed by atoms with Crippen LogP contribution in [0.1, 0.15) is 45.4 Å². The van der Waals surface area contributed by atoms with E-state index in [4.69, 9.17) is 13.7 Å². The van der Waals surface area contributed by atoms with E-state index in [0.717, 1.165) is 38.4 Å². The van der Waals surface area contributed by atoms with Crippen LogP contribution in [0.25, 0.3) is 0 Å². The average molecular weight is 358 g/mol. The Morgan fingerprint density at radius 1 is 1.12 bits per heavy atom. The van der Waals surface area contributed by atoms with Crippen LogP contribution in [0, 0.1) is 11.8 Å². The van der Waals surface area contributed by atoms with Gasteiger partial charge in [0.25, 0.3) is 10.1 Å². The molecule has 4 fully saturated rings. The van der Waals surface area contributed by atoms with Gasteiger partial charge in [-0.2, -0.15) is 8.42 Å². The molecule has 0 amide bonds. The summed E-state index contributed by atoms with van der Waals surface area (Å²) in [5, 5.41) is 0. The van der Waals surface area contributed by atoms with E-state index in [2.05, 4.69) is 6.58 Å². The van der Waals surface area contributed by atoms with Gasteiger partial charge in [0.1, 0.15) is 5.60 Å². The van der Waals surface area contributed by atoms with Crippen LogP contribution in [0.15, 0.2) is 12.2 Å². The maximum Gasteiger partial charge on any atom is 0.333 e. The molecule has 0 aromatic rings. The third kappa shape index (κ3) is 3.83. The first-order valence-electron chi connectivity index (χ1n) is 8.48. The maximum atomic E-state index is 12.1. The van der Waals surface area contributed by atoms with E-state index < -0.39 is 15.7 Å². The van der Waals surface area contributed by atoms with Crippen LogP contribution >= 0.6 is 0 Å². The molecule has 4 aliphatic carbocycles. The highest BCUT2D eigenvalue weighted by Gasteiger charge is 2.60. The average Bonchev–Trinajstić information content (AvgIpc) is 2.40. The van der Waals surface area contributed by atoms with Crippen molar-refractivity contribution < 1.29 is 26.9 Å². The first-order valence-corrected chi connectivity index (χ1v) is 10.3. The van der Waals surface area contributed by atoms with Crippen molar-refractivity contribution in [2.75, 3.05) is 19.5 Å². The highest BCUT2D eigenvalue weighted by Crippen LogP contribution is 2.60. The normalized spacial score (nSPS) is 37.4. The Labute approximate surface area is 143 Å². The van der Waals surface area contributed by atoms with Crippen molar-refractivity contribution >= 4 is 16.1 Å². The molecule has 6 nitrogen and oxygen atoms in total. The summed E-state index contributed by atoms with van der Waals surface area (Å²) < 4.78 is 38.8. The van der Waals surface area contributed by atoms with Crippen molar-refractivity contribution in [1.82, 2.24) is 0 Å². The second-order valence-electron chi connectivity index (χ2n) is 7.87. The highest BCUT2D eigenvalue weighted by molar-refractivity contribution is 7.85. The molecule has 24 heavy (non-hydrogen) atoms. The number of esters is 1. The number of rotatable bonds is 7. The van der Waals surface area contributed by atoms with E-state index in [1.807, 2.05) is 0 Å². The lowest BCUT2D eigenvalue weighted by molar-refractivity contribution is -0.233. The van der Waals surface area contributed by atoms with Gasteiger partial charge in [0.2, 0.25) is 0 Å². The lowest BCUT2D eigenvalue weighted by Gasteiger charge is -2.60. The standard InChI is InChI=1S/C17H26O6S/c1-12(2)15(18)23-17-9-13-6-14(10-17)8-16(7-13,11-17)21-4-5-22-24(3,19)20/h13-14H,1,4-11H2,2-3H3. The van der Waals surface area contributed by atoms with Gasteiger partial charge in [0.15, 0.2) is 0 Å². The van der Waals surface area contributed by atoms with Crippen molar-refractivity contribution in [3.05, 3.63) is 12.2 Å². The van der Waals surface area contributed by atoms with E-state index >= 15 is 0 Å². The monoisotopic (exact) mass is 358 g/mol. The minimum absolute atomic E-state index is 0.0223. The summed E-state index contributed by atoms with van der Waals surface area (Å²) in [6.45, 7) is 5.59. The molecule has 0 N–H and O–H groups in total. The van der Waals surface area contributed by atoms with Crippen molar-refractivity contribution in [3.8, 4) is 0 Å². The molecule has 0 spiro atoms. The van der Waals surface area contributed by atoms with Gasteiger partial charge in [-0.05, 0) is 50.9 Å². The van der Waals surface area contributed by atoms with Crippen molar-refractivity contribution in [3.63, 3.8) is 0 Å². The number of hydrogen-bond donors (Lipinski definition) is 0. The number of ether oxygens (including phenoxy) is 2. The Balaban J connectivity index is 1.66. The fourth-order valence-corrected chi connectivity index (χ4v) is 5.48. The minimum atomic E-state index is -3.45. The molecule has 4 saturated carbocycles. The van der Waals surface area contributed by atoms with Gasteiger partial charge in [-0.3, -0.25) is 4.18 Å². The van der Waals surface area contributed by atoms with E-state index in [-0.39, 0.29) is 24.8 Å². The van der Waals surface area contributed by atoms with Crippen LogP contribution in [0.4, 0.5) is 0 Å². The summed E-state index contributed by atoms with van der Waals surface area (Å²) in [6, 6.07) is 0. The Hall–Kier alpha value is -0.920. The summed E-state index contributed by atoms with van der Waals surface area (Å²) in [6.07, 6.45) is 6.58. The number of carbonyl (C=O) groups excluding carboxylic acids is 1. The van der Waals surface area contributed by atoms with Gasteiger partial charge in [-0.15, -0.1) is 0 Å². The molecule has 4 rings (SSSR count). The second-order valence-corrected chi connectivity index (χ2v) is 9.52. The molecule has 136 valence electrons. The molecule has 0 radical (unpaired) electrons. The highest BCUT2D eigenvalue weighted by atomic mass is 32.2. The molecule has 0 saturated heterocycles. The third-order valence-electron chi connectivity index (χ3n) is 5.40. The van der Waals surface area contributed by atoms with Crippen LogP contribution in [0.5, 0.6) is 0 Å². The summed E-state index contributed by atoms with van der Waals surface area (Å²) >= 11 is 0. The molecule has 4 aliphatic rings. The topological polar surface area (TPSA) is 78.9 Å². The largest absolute Gasteiger partial charge is 0.456 e. The third-order valence-corrected chi connectivity index (χ3v) is 6.00. The fourth-order valence-electron chi connectivity index (χ4n) is 5.11. The zero-order chi connectivity index (χ0) is 17.6. The minimum Gasteiger partial charge on any atom is -0.456 e. The van der Waals surface area contributed by atoms with Gasteiger partial charge in [-0.25, -0.2) is 4.79 Å². The molecule has 0 aromatic heterocycles. The SMILES string of the molecule is C=C(C)C(=O)OC12CC3CC(CC(OCCOS(C)(=O)=O)(C3)C1)C2. The van der Waals surface area contributed by atoms with E-state index in [9.17, 15) is 13.2 Å². The Morgan fingerprint density at radius 2 is 1.71 bits per heavy atom. The van der Waals surface area contributed by atoms with E-state index in [0.29, 0.717) is 23.8 Å². The predicted octanol–water partition coefficient (Wildman–Crippen LogP) is 2.19. The quantitative estimate of drug-likeness (QED) is 0.300. The molecular weight excluding hydrogens is 332 g/mol. The number of carbonyl (C=O) groups is 1. The molecule has 0 aliphatic heterocycles. The zero-order valence-corrected chi connectivity index (χ0v) is 15.2. The molecule has 2 unspecified atom stereocenters. The zero-order valence-electron chi connectivity index (χ0n) is 14.4. The fraction of sp³-hybridized carbons (Fsp3) is 0.824. The van der Waals surface area contributed by atoms with E-state index in [1.165, 1.54) is 0 Å². The first kappa shape index (κ1) is 17.9. The maximum absolute atomic E-state index is 12.1. The van der Waals surface area contributed by atoms with Crippen molar-refractivity contribution in [1.29, 1.82) is 0 Å².